The maximum Gasteiger partial charge on any atom is 0.270 e. The van der Waals surface area contributed by atoms with Crippen LogP contribution in [0.3, 0.4) is 0 Å². The topological polar surface area (TPSA) is 61.7 Å². The van der Waals surface area contributed by atoms with Gasteiger partial charge in [0, 0.05) is 5.69 Å². The Kier molecular flexibility index (Phi) is 3.85. The lowest BCUT2D eigenvalue weighted by Crippen LogP contribution is -2.12. The smallest absolute Gasteiger partial charge is 0.270 e. The fourth-order valence-electron chi connectivity index (χ4n) is 1.18. The fourth-order valence-corrected chi connectivity index (χ4v) is 1.18. The molecular formula is C11H14N2O2. The van der Waals surface area contributed by atoms with Gasteiger partial charge in [0.05, 0.1) is 0 Å². The number of hydrogen-bond acceptors (Lipinski definition) is 3. The molecule has 0 radical (unpaired) electrons. The molecule has 15 heavy (non-hydrogen) atoms. The van der Waals surface area contributed by atoms with Crippen molar-refractivity contribution in [3.63, 3.8) is 0 Å². The van der Waals surface area contributed by atoms with Crippen LogP contribution in [0.15, 0.2) is 29.4 Å². The molecular weight excluding hydrogens is 192 g/mol. The molecule has 1 amide bonds. The van der Waals surface area contributed by atoms with Crippen molar-refractivity contribution in [2.75, 3.05) is 5.32 Å². The monoisotopic (exact) mass is 206 g/mol. The summed E-state index contributed by atoms with van der Waals surface area (Å²) in [7, 11) is 0. The Morgan fingerprint density at radius 2 is 2.00 bits per heavy atom. The first-order valence-corrected chi connectivity index (χ1v) is 4.72. The van der Waals surface area contributed by atoms with Gasteiger partial charge in [0.1, 0.15) is 6.21 Å². The number of nitrogens with one attached hydrogen (secondary N) is 1. The molecule has 0 fully saturated rings. The van der Waals surface area contributed by atoms with E-state index in [2.05, 4.69) is 24.3 Å². The van der Waals surface area contributed by atoms with E-state index in [0.717, 1.165) is 6.21 Å². The molecule has 4 nitrogen and oxygen atoms in total. The van der Waals surface area contributed by atoms with Crippen molar-refractivity contribution in [3.8, 4) is 0 Å². The number of carbonyl (C=O) groups is 1. The highest BCUT2D eigenvalue weighted by molar-refractivity contribution is 6.31. The fraction of sp³-hybridized carbons (Fsp3) is 0.273. The third kappa shape index (κ3) is 3.42. The van der Waals surface area contributed by atoms with Gasteiger partial charge in [-0.3, -0.25) is 4.79 Å². The van der Waals surface area contributed by atoms with E-state index in [1.54, 1.807) is 0 Å². The number of carbonyl (C=O) groups excluding carboxylic acids is 1. The second kappa shape index (κ2) is 5.14. The SMILES string of the molecule is CC(C)c1ccc(NC(=O)/C=N/O)cc1. The van der Waals surface area contributed by atoms with E-state index in [0.29, 0.717) is 11.6 Å². The summed E-state index contributed by atoms with van der Waals surface area (Å²) in [5.74, 6) is 0.0172. The molecule has 1 aromatic carbocycles. The molecule has 0 aliphatic heterocycles. The Labute approximate surface area is 88.6 Å². The molecule has 1 rings (SSSR count). The van der Waals surface area contributed by atoms with Crippen LogP contribution in [0, 0.1) is 0 Å². The van der Waals surface area contributed by atoms with Crippen molar-refractivity contribution in [1.82, 2.24) is 0 Å². The van der Waals surface area contributed by atoms with Gasteiger partial charge in [-0.15, -0.1) is 0 Å². The molecule has 0 heterocycles. The van der Waals surface area contributed by atoms with Gasteiger partial charge in [-0.2, -0.15) is 0 Å². The number of hydrogen-bond donors (Lipinski definition) is 2. The summed E-state index contributed by atoms with van der Waals surface area (Å²) < 4.78 is 0. The minimum absolute atomic E-state index is 0.449. The van der Waals surface area contributed by atoms with Crippen molar-refractivity contribution in [2.24, 2.45) is 5.16 Å². The maximum absolute atomic E-state index is 11.0. The van der Waals surface area contributed by atoms with Crippen LogP contribution in [0.25, 0.3) is 0 Å². The Bertz CT molecular complexity index is 355. The van der Waals surface area contributed by atoms with Gasteiger partial charge in [-0.05, 0) is 23.6 Å². The van der Waals surface area contributed by atoms with Gasteiger partial charge in [-0.25, -0.2) is 0 Å². The highest BCUT2D eigenvalue weighted by Gasteiger charge is 2.00. The molecule has 0 bridgehead atoms. The van der Waals surface area contributed by atoms with Gasteiger partial charge < -0.3 is 10.5 Å². The number of amides is 1. The van der Waals surface area contributed by atoms with E-state index in [4.69, 9.17) is 5.21 Å². The molecule has 1 aromatic rings. The first kappa shape index (κ1) is 11.2. The summed E-state index contributed by atoms with van der Waals surface area (Å²) in [6.07, 6.45) is 0.816. The lowest BCUT2D eigenvalue weighted by atomic mass is 10.0. The zero-order valence-electron chi connectivity index (χ0n) is 8.77. The molecule has 0 saturated carbocycles. The number of nitrogens with zero attached hydrogens (tertiary/aromatic N) is 1. The Morgan fingerprint density at radius 3 is 2.47 bits per heavy atom. The third-order valence-corrected chi connectivity index (χ3v) is 2.02. The molecule has 2 N–H and O–H groups in total. The van der Waals surface area contributed by atoms with E-state index in [1.807, 2.05) is 24.3 Å². The Balaban J connectivity index is 2.68. The summed E-state index contributed by atoms with van der Waals surface area (Å²) in [4.78, 5) is 11.0. The van der Waals surface area contributed by atoms with E-state index in [-0.39, 0.29) is 0 Å². The molecule has 0 saturated heterocycles. The minimum atomic E-state index is -0.449. The van der Waals surface area contributed by atoms with Gasteiger partial charge >= 0.3 is 0 Å². The standard InChI is InChI=1S/C11H14N2O2/c1-8(2)9-3-5-10(6-4-9)13-11(14)7-12-15/h3-8,15H,1-2H3,(H,13,14)/b12-7+. The van der Waals surface area contributed by atoms with E-state index in [9.17, 15) is 4.79 Å². The number of rotatable bonds is 3. The Hall–Kier alpha value is -1.84. The van der Waals surface area contributed by atoms with Crippen LogP contribution in [0.4, 0.5) is 5.69 Å². The van der Waals surface area contributed by atoms with Gasteiger partial charge in [0.15, 0.2) is 0 Å². The lowest BCUT2D eigenvalue weighted by molar-refractivity contribution is -0.110. The van der Waals surface area contributed by atoms with Gasteiger partial charge in [0.2, 0.25) is 0 Å². The summed E-state index contributed by atoms with van der Waals surface area (Å²) in [6, 6.07) is 7.55. The van der Waals surface area contributed by atoms with Crippen LogP contribution in [0.5, 0.6) is 0 Å². The second-order valence-corrected chi connectivity index (χ2v) is 3.51. The van der Waals surface area contributed by atoms with E-state index < -0.39 is 5.91 Å². The van der Waals surface area contributed by atoms with Gasteiger partial charge in [-0.1, -0.05) is 31.1 Å². The molecule has 0 aliphatic rings. The largest absolute Gasteiger partial charge is 0.411 e. The summed E-state index contributed by atoms with van der Waals surface area (Å²) >= 11 is 0. The number of oxime groups is 1. The minimum Gasteiger partial charge on any atom is -0.411 e. The molecule has 0 atom stereocenters. The van der Waals surface area contributed by atoms with Crippen LogP contribution < -0.4 is 5.32 Å². The first-order chi connectivity index (χ1) is 7.13. The van der Waals surface area contributed by atoms with Crippen molar-refractivity contribution < 1.29 is 10.0 Å². The molecule has 0 spiro atoms. The van der Waals surface area contributed by atoms with Crippen LogP contribution in [0.1, 0.15) is 25.3 Å². The third-order valence-electron chi connectivity index (χ3n) is 2.02. The van der Waals surface area contributed by atoms with Crippen molar-refractivity contribution >= 4 is 17.8 Å². The molecule has 0 aliphatic carbocycles. The van der Waals surface area contributed by atoms with Crippen molar-refractivity contribution in [1.29, 1.82) is 0 Å². The molecule has 80 valence electrons. The van der Waals surface area contributed by atoms with E-state index in [1.165, 1.54) is 5.56 Å². The first-order valence-electron chi connectivity index (χ1n) is 4.72. The molecule has 0 aromatic heterocycles. The highest BCUT2D eigenvalue weighted by Crippen LogP contribution is 2.16. The van der Waals surface area contributed by atoms with Crippen LogP contribution in [-0.4, -0.2) is 17.3 Å². The molecule has 0 unspecified atom stereocenters. The van der Waals surface area contributed by atoms with Crippen LogP contribution in [0.2, 0.25) is 0 Å². The normalized spacial score (nSPS) is 10.9. The second-order valence-electron chi connectivity index (χ2n) is 3.51. The average molecular weight is 206 g/mol. The summed E-state index contributed by atoms with van der Waals surface area (Å²) in [6.45, 7) is 4.21. The zero-order valence-corrected chi connectivity index (χ0v) is 8.77. The maximum atomic E-state index is 11.0. The predicted octanol–water partition coefficient (Wildman–Crippen LogP) is 2.21. The number of anilines is 1. The van der Waals surface area contributed by atoms with Crippen LogP contribution in [-0.2, 0) is 4.79 Å². The summed E-state index contributed by atoms with van der Waals surface area (Å²) in [5.41, 5.74) is 1.90. The predicted molar refractivity (Wildman–Crippen MR) is 59.4 cm³/mol. The van der Waals surface area contributed by atoms with Crippen LogP contribution >= 0.6 is 0 Å². The van der Waals surface area contributed by atoms with E-state index >= 15 is 0 Å². The Morgan fingerprint density at radius 1 is 1.40 bits per heavy atom. The highest BCUT2D eigenvalue weighted by atomic mass is 16.4. The number of benzene rings is 1. The quantitative estimate of drug-likeness (QED) is 0.452. The summed E-state index contributed by atoms with van der Waals surface area (Å²) in [5, 5.41) is 13.3. The van der Waals surface area contributed by atoms with Crippen molar-refractivity contribution in [2.45, 2.75) is 19.8 Å². The average Bonchev–Trinajstić information content (AvgIpc) is 2.18. The van der Waals surface area contributed by atoms with Crippen molar-refractivity contribution in [3.05, 3.63) is 29.8 Å². The zero-order chi connectivity index (χ0) is 11.3. The molecule has 4 heteroatoms. The van der Waals surface area contributed by atoms with Gasteiger partial charge in [0.25, 0.3) is 5.91 Å². The lowest BCUT2D eigenvalue weighted by Gasteiger charge is -2.06.